The van der Waals surface area contributed by atoms with Crippen LogP contribution in [0.3, 0.4) is 0 Å². The molecule has 0 saturated carbocycles. The third-order valence-electron chi connectivity index (χ3n) is 2.62. The largest absolute Gasteiger partial charge is 0.497 e. The lowest BCUT2D eigenvalue weighted by molar-refractivity contribution is -0.146. The summed E-state index contributed by atoms with van der Waals surface area (Å²) in [4.78, 5) is 11.2. The van der Waals surface area contributed by atoms with Gasteiger partial charge in [-0.1, -0.05) is 46.9 Å². The lowest BCUT2D eigenvalue weighted by Gasteiger charge is -2.19. The molecule has 24 heavy (non-hydrogen) atoms. The van der Waals surface area contributed by atoms with Crippen LogP contribution in [0, 0.1) is 0 Å². The quantitative estimate of drug-likeness (QED) is 0.513. The monoisotopic (exact) mass is 419 g/mol. The van der Waals surface area contributed by atoms with Gasteiger partial charge in [0.2, 0.25) is 3.79 Å². The smallest absolute Gasteiger partial charge is 0.336 e. The number of hydrogen-bond donors (Lipinski definition) is 1. The molecule has 0 bridgehead atoms. The highest BCUT2D eigenvalue weighted by Gasteiger charge is 2.25. The summed E-state index contributed by atoms with van der Waals surface area (Å²) in [6, 6.07) is 6.59. The van der Waals surface area contributed by atoms with Crippen LogP contribution in [0.25, 0.3) is 0 Å². The molecule has 0 radical (unpaired) electrons. The van der Waals surface area contributed by atoms with Gasteiger partial charge in [-0.15, -0.1) is 0 Å². The Kier molecular flexibility index (Phi) is 8.04. The van der Waals surface area contributed by atoms with Crippen LogP contribution in [-0.2, 0) is 24.0 Å². The molecule has 0 aliphatic heterocycles. The van der Waals surface area contributed by atoms with Crippen LogP contribution in [0.5, 0.6) is 5.75 Å². The number of nitrogens with one attached hydrogen (secondary N) is 1. The van der Waals surface area contributed by atoms with Gasteiger partial charge in [-0.25, -0.2) is 0 Å². The number of alkyl halides is 3. The van der Waals surface area contributed by atoms with E-state index in [2.05, 4.69) is 8.91 Å². The zero-order valence-corrected chi connectivity index (χ0v) is 15.9. The summed E-state index contributed by atoms with van der Waals surface area (Å²) in [5, 5.41) is 0. The highest BCUT2D eigenvalue weighted by atomic mass is 35.6. The molecule has 1 rings (SSSR count). The molecule has 0 spiro atoms. The predicted molar refractivity (Wildman–Crippen MR) is 90.7 cm³/mol. The molecule has 0 aliphatic carbocycles. The van der Waals surface area contributed by atoms with E-state index in [1.807, 2.05) is 0 Å². The first-order valence-corrected chi connectivity index (χ1v) is 9.08. The molecule has 0 aromatic heterocycles. The highest BCUT2D eigenvalue weighted by Crippen LogP contribution is 2.26. The number of rotatable bonds is 8. The van der Waals surface area contributed by atoms with Gasteiger partial charge in [0.25, 0.3) is 0 Å². The molecule has 0 aliphatic rings. The topological polar surface area (TPSA) is 90.9 Å². The summed E-state index contributed by atoms with van der Waals surface area (Å²) in [6.45, 7) is 0.298. The molecule has 7 nitrogen and oxygen atoms in total. The Bertz CT molecular complexity index is 645. The maximum Gasteiger partial charge on any atom is 0.336 e. The maximum atomic E-state index is 11.7. The van der Waals surface area contributed by atoms with E-state index in [-0.39, 0.29) is 6.54 Å². The van der Waals surface area contributed by atoms with Crippen molar-refractivity contribution in [2.45, 2.75) is 16.8 Å². The van der Waals surface area contributed by atoms with Gasteiger partial charge in [-0.3, -0.25) is 8.98 Å². The summed E-state index contributed by atoms with van der Waals surface area (Å²) in [6.07, 6.45) is -0.862. The van der Waals surface area contributed by atoms with Gasteiger partial charge in [0, 0.05) is 6.92 Å². The molecule has 0 heterocycles. The van der Waals surface area contributed by atoms with E-state index in [4.69, 9.17) is 44.3 Å². The number of carbonyl (C=O) groups is 1. The summed E-state index contributed by atoms with van der Waals surface area (Å²) in [5.41, 5.74) is 0.565. The third-order valence-corrected chi connectivity index (χ3v) is 3.89. The maximum absolute atomic E-state index is 11.7. The third kappa shape index (κ3) is 8.36. The minimum absolute atomic E-state index is 0.256. The number of carbonyl (C=O) groups excluding carboxylic acids is 1. The van der Waals surface area contributed by atoms with Crippen molar-refractivity contribution < 1.29 is 26.9 Å². The fourth-order valence-corrected chi connectivity index (χ4v) is 2.74. The Morgan fingerprint density at radius 1 is 1.25 bits per heavy atom. The van der Waals surface area contributed by atoms with Crippen molar-refractivity contribution in [3.05, 3.63) is 29.8 Å². The van der Waals surface area contributed by atoms with E-state index in [9.17, 15) is 13.2 Å². The van der Waals surface area contributed by atoms with Gasteiger partial charge in [-0.05, 0) is 17.7 Å². The second-order valence-corrected chi connectivity index (χ2v) is 8.50. The van der Waals surface area contributed by atoms with Gasteiger partial charge in [-0.2, -0.15) is 13.1 Å². The van der Waals surface area contributed by atoms with E-state index < -0.39 is 32.8 Å². The predicted octanol–water partition coefficient (Wildman–Crippen LogP) is 2.52. The van der Waals surface area contributed by atoms with E-state index in [1.165, 1.54) is 14.0 Å². The molecule has 136 valence electrons. The van der Waals surface area contributed by atoms with E-state index >= 15 is 0 Å². The molecule has 1 aromatic rings. The summed E-state index contributed by atoms with van der Waals surface area (Å²) in [5.74, 6) is 0.0316. The second-order valence-electron chi connectivity index (χ2n) is 4.55. The fraction of sp³-hybridized carbons (Fsp3) is 0.462. The Labute approximate surface area is 155 Å². The molecule has 1 unspecified atom stereocenters. The van der Waals surface area contributed by atoms with Crippen LogP contribution in [-0.4, -0.2) is 38.4 Å². The molecule has 1 aromatic carbocycles. The fourth-order valence-electron chi connectivity index (χ4n) is 1.61. The van der Waals surface area contributed by atoms with Gasteiger partial charge in [0.1, 0.15) is 18.5 Å². The molecule has 0 fully saturated rings. The van der Waals surface area contributed by atoms with E-state index in [0.29, 0.717) is 11.3 Å². The molecule has 0 saturated heterocycles. The lowest BCUT2D eigenvalue weighted by Crippen LogP contribution is -2.33. The molecular formula is C13H16Cl3NO6S. The van der Waals surface area contributed by atoms with Crippen LogP contribution in [0.1, 0.15) is 18.6 Å². The Morgan fingerprint density at radius 2 is 1.83 bits per heavy atom. The molecule has 11 heteroatoms. The number of benzene rings is 1. The number of ether oxygens (including phenoxy) is 2. The second kappa shape index (κ2) is 9.07. The number of hydrogen-bond acceptors (Lipinski definition) is 6. The minimum Gasteiger partial charge on any atom is -0.497 e. The van der Waals surface area contributed by atoms with Crippen molar-refractivity contribution in [1.29, 1.82) is 0 Å². The van der Waals surface area contributed by atoms with Crippen LogP contribution >= 0.6 is 34.8 Å². The van der Waals surface area contributed by atoms with E-state index in [0.717, 1.165) is 0 Å². The first kappa shape index (κ1) is 21.3. The van der Waals surface area contributed by atoms with Gasteiger partial charge in [0.05, 0.1) is 13.7 Å². The average molecular weight is 421 g/mol. The minimum atomic E-state index is -4.19. The molecule has 0 amide bonds. The Balaban J connectivity index is 2.77. The van der Waals surface area contributed by atoms with Crippen molar-refractivity contribution in [1.82, 2.24) is 4.72 Å². The zero-order valence-electron chi connectivity index (χ0n) is 12.8. The van der Waals surface area contributed by atoms with Gasteiger partial charge < -0.3 is 9.47 Å². The lowest BCUT2D eigenvalue weighted by atomic mass is 10.1. The normalized spacial score (nSPS) is 13.4. The standard InChI is InChI=1S/C13H16Cl3NO6S/c1-9(18)23-12(10-3-5-11(21-2)6-4-10)7-17-24(19,20)22-8-13(14,15)16/h3-6,12,17H,7-8H2,1-2H3. The molecular weight excluding hydrogens is 405 g/mol. The van der Waals surface area contributed by atoms with Crippen molar-refractivity contribution in [3.8, 4) is 5.75 Å². The average Bonchev–Trinajstić information content (AvgIpc) is 2.49. The van der Waals surface area contributed by atoms with E-state index in [1.54, 1.807) is 24.3 Å². The van der Waals surface area contributed by atoms with Crippen molar-refractivity contribution in [2.24, 2.45) is 0 Å². The highest BCUT2D eigenvalue weighted by molar-refractivity contribution is 7.84. The van der Waals surface area contributed by atoms with Gasteiger partial charge >= 0.3 is 16.3 Å². The SMILES string of the molecule is COc1ccc(C(CNS(=O)(=O)OCC(Cl)(Cl)Cl)OC(C)=O)cc1. The van der Waals surface area contributed by atoms with Crippen LogP contribution in [0.15, 0.2) is 24.3 Å². The summed E-state index contributed by atoms with van der Waals surface area (Å²) in [7, 11) is -2.68. The molecule has 1 N–H and O–H groups in total. The van der Waals surface area contributed by atoms with Crippen LogP contribution in [0.2, 0.25) is 0 Å². The van der Waals surface area contributed by atoms with Gasteiger partial charge in [0.15, 0.2) is 0 Å². The first-order valence-electron chi connectivity index (χ1n) is 6.54. The van der Waals surface area contributed by atoms with Crippen molar-refractivity contribution >= 4 is 51.1 Å². The number of methoxy groups -OCH3 is 1. The number of halogens is 3. The molecule has 1 atom stereocenters. The summed E-state index contributed by atoms with van der Waals surface area (Å²) < 4.78 is 38.4. The Hall–Kier alpha value is -0.770. The van der Waals surface area contributed by atoms with Crippen molar-refractivity contribution in [3.63, 3.8) is 0 Å². The Morgan fingerprint density at radius 3 is 2.29 bits per heavy atom. The van der Waals surface area contributed by atoms with Crippen LogP contribution in [0.4, 0.5) is 0 Å². The first-order chi connectivity index (χ1) is 11.0. The van der Waals surface area contributed by atoms with Crippen LogP contribution < -0.4 is 9.46 Å². The number of esters is 1. The van der Waals surface area contributed by atoms with Crippen molar-refractivity contribution in [2.75, 3.05) is 20.3 Å². The zero-order chi connectivity index (χ0) is 18.4. The summed E-state index contributed by atoms with van der Waals surface area (Å²) >= 11 is 16.3.